The third-order valence-electron chi connectivity index (χ3n) is 4.62. The van der Waals surface area contributed by atoms with Crippen LogP contribution in [-0.2, 0) is 11.2 Å². The van der Waals surface area contributed by atoms with E-state index in [1.807, 2.05) is 13.0 Å². The molecule has 0 aliphatic carbocycles. The van der Waals surface area contributed by atoms with Gasteiger partial charge in [-0.3, -0.25) is 9.69 Å². The Bertz CT molecular complexity index is 920. The number of aryl methyl sites for hydroxylation is 1. The maximum atomic E-state index is 14.0. The van der Waals surface area contributed by atoms with E-state index in [0.29, 0.717) is 0 Å². The molecule has 1 N–H and O–H groups in total. The Morgan fingerprint density at radius 2 is 2.15 bits per heavy atom. The molecule has 0 saturated heterocycles. The molecule has 0 fully saturated rings. The summed E-state index contributed by atoms with van der Waals surface area (Å²) in [5, 5.41) is 6.91. The zero-order valence-corrected chi connectivity index (χ0v) is 16.0. The zero-order chi connectivity index (χ0) is 18.1. The van der Waals surface area contributed by atoms with Gasteiger partial charge in [0, 0.05) is 16.3 Å². The molecule has 1 atom stereocenters. The summed E-state index contributed by atoms with van der Waals surface area (Å²) in [6, 6.07) is 11.3. The van der Waals surface area contributed by atoms with Gasteiger partial charge in [0.2, 0.25) is 5.91 Å². The molecule has 0 unspecified atom stereocenters. The third kappa shape index (κ3) is 3.45. The topological polar surface area (TPSA) is 32.3 Å². The second-order valence-corrected chi connectivity index (χ2v) is 8.45. The Balaban J connectivity index is 1.54. The van der Waals surface area contributed by atoms with E-state index in [4.69, 9.17) is 0 Å². The van der Waals surface area contributed by atoms with Gasteiger partial charge < -0.3 is 5.32 Å². The number of carbonyl (C=O) groups is 1. The second-order valence-electron chi connectivity index (χ2n) is 6.47. The van der Waals surface area contributed by atoms with E-state index < -0.39 is 5.82 Å². The first-order valence-electron chi connectivity index (χ1n) is 8.51. The van der Waals surface area contributed by atoms with Gasteiger partial charge in [-0.2, -0.15) is 0 Å². The summed E-state index contributed by atoms with van der Waals surface area (Å²) in [5.41, 5.74) is 2.36. The molecular formula is C20H19FN2OS2. The highest BCUT2D eigenvalue weighted by molar-refractivity contribution is 7.10. The molecule has 0 spiro atoms. The average molecular weight is 387 g/mol. The molecule has 6 heteroatoms. The Labute approximate surface area is 160 Å². The van der Waals surface area contributed by atoms with E-state index >= 15 is 0 Å². The quantitative estimate of drug-likeness (QED) is 0.696. The van der Waals surface area contributed by atoms with Crippen LogP contribution in [0.4, 0.5) is 10.1 Å². The number of rotatable bonds is 4. The zero-order valence-electron chi connectivity index (χ0n) is 14.4. The molecule has 4 rings (SSSR count). The van der Waals surface area contributed by atoms with Crippen LogP contribution in [0.2, 0.25) is 0 Å². The fraction of sp³-hybridized carbons (Fsp3) is 0.250. The van der Waals surface area contributed by atoms with Crippen molar-refractivity contribution >= 4 is 34.3 Å². The summed E-state index contributed by atoms with van der Waals surface area (Å²) >= 11 is 3.49. The van der Waals surface area contributed by atoms with Crippen molar-refractivity contribution in [2.75, 3.05) is 18.4 Å². The highest BCUT2D eigenvalue weighted by Crippen LogP contribution is 2.39. The van der Waals surface area contributed by atoms with Gasteiger partial charge in [0.15, 0.2) is 0 Å². The van der Waals surface area contributed by atoms with Crippen LogP contribution >= 0.6 is 22.7 Å². The van der Waals surface area contributed by atoms with Gasteiger partial charge in [0.25, 0.3) is 0 Å². The molecule has 26 heavy (non-hydrogen) atoms. The van der Waals surface area contributed by atoms with Crippen LogP contribution < -0.4 is 5.32 Å². The summed E-state index contributed by atoms with van der Waals surface area (Å²) < 4.78 is 14.0. The van der Waals surface area contributed by atoms with Crippen LogP contribution in [0.3, 0.4) is 0 Å². The third-order valence-corrected chi connectivity index (χ3v) is 6.54. The minimum absolute atomic E-state index is 0.0959. The summed E-state index contributed by atoms with van der Waals surface area (Å²) in [6.07, 6.45) is 0.945. The molecule has 1 aromatic carbocycles. The maximum absolute atomic E-state index is 14.0. The molecule has 3 aromatic rings. The van der Waals surface area contributed by atoms with E-state index in [0.717, 1.165) is 18.5 Å². The monoisotopic (exact) mass is 386 g/mol. The van der Waals surface area contributed by atoms with Gasteiger partial charge in [0.1, 0.15) is 5.82 Å². The van der Waals surface area contributed by atoms with Gasteiger partial charge in [-0.05, 0) is 59.5 Å². The first-order valence-corrected chi connectivity index (χ1v) is 10.3. The first-order chi connectivity index (χ1) is 12.6. The van der Waals surface area contributed by atoms with Gasteiger partial charge in [-0.25, -0.2) is 4.39 Å². The smallest absolute Gasteiger partial charge is 0.238 e. The maximum Gasteiger partial charge on any atom is 0.238 e. The highest BCUT2D eigenvalue weighted by Gasteiger charge is 2.31. The molecule has 1 amide bonds. The fourth-order valence-electron chi connectivity index (χ4n) is 3.41. The Morgan fingerprint density at radius 1 is 1.27 bits per heavy atom. The van der Waals surface area contributed by atoms with Crippen LogP contribution in [0.15, 0.2) is 47.2 Å². The number of nitrogens with one attached hydrogen (secondary N) is 1. The van der Waals surface area contributed by atoms with Crippen molar-refractivity contribution in [3.63, 3.8) is 0 Å². The van der Waals surface area contributed by atoms with Crippen molar-refractivity contribution in [2.24, 2.45) is 0 Å². The number of benzene rings is 1. The van der Waals surface area contributed by atoms with Gasteiger partial charge in [-0.15, -0.1) is 22.7 Å². The van der Waals surface area contributed by atoms with Crippen molar-refractivity contribution in [1.82, 2.24) is 4.90 Å². The number of nitrogens with zero attached hydrogens (tertiary/aromatic N) is 1. The number of hydrogen-bond acceptors (Lipinski definition) is 4. The van der Waals surface area contributed by atoms with E-state index in [2.05, 4.69) is 33.1 Å². The van der Waals surface area contributed by atoms with Crippen LogP contribution in [0.25, 0.3) is 0 Å². The SMILES string of the molecule is Cc1ccc(NC(=O)CN2CCc3sccc3[C@H]2c2cccs2)c(F)c1. The standard InChI is InChI=1S/C20H19FN2OS2/c1-13-4-5-16(15(21)11-13)22-19(24)12-23-8-6-17-14(7-10-26-17)20(23)18-3-2-9-25-18/h2-5,7,9-11,20H,6,8,12H2,1H3,(H,22,24)/t20-/m0/s1. The lowest BCUT2D eigenvalue weighted by Crippen LogP contribution is -2.40. The van der Waals surface area contributed by atoms with Crippen molar-refractivity contribution in [2.45, 2.75) is 19.4 Å². The summed E-state index contributed by atoms with van der Waals surface area (Å²) in [7, 11) is 0. The Morgan fingerprint density at radius 3 is 2.92 bits per heavy atom. The van der Waals surface area contributed by atoms with Crippen LogP contribution in [0.5, 0.6) is 0 Å². The Hall–Kier alpha value is -2.02. The number of thiophene rings is 2. The lowest BCUT2D eigenvalue weighted by Gasteiger charge is -2.34. The number of anilines is 1. The lowest BCUT2D eigenvalue weighted by molar-refractivity contribution is -0.117. The largest absolute Gasteiger partial charge is 0.322 e. The first kappa shape index (κ1) is 17.4. The summed E-state index contributed by atoms with van der Waals surface area (Å²) in [6.45, 7) is 2.89. The van der Waals surface area contributed by atoms with E-state index in [1.54, 1.807) is 34.8 Å². The number of halogens is 1. The number of hydrogen-bond donors (Lipinski definition) is 1. The summed E-state index contributed by atoms with van der Waals surface area (Å²) in [4.78, 5) is 17.4. The van der Waals surface area contributed by atoms with Gasteiger partial charge in [0.05, 0.1) is 18.3 Å². The minimum atomic E-state index is -0.396. The van der Waals surface area contributed by atoms with Crippen molar-refractivity contribution in [3.05, 3.63) is 73.9 Å². The van der Waals surface area contributed by atoms with Crippen molar-refractivity contribution in [1.29, 1.82) is 0 Å². The average Bonchev–Trinajstić information content (AvgIpc) is 3.28. The van der Waals surface area contributed by atoms with Crippen molar-refractivity contribution in [3.8, 4) is 0 Å². The minimum Gasteiger partial charge on any atom is -0.322 e. The fourth-order valence-corrected chi connectivity index (χ4v) is 5.19. The lowest BCUT2D eigenvalue weighted by atomic mass is 9.98. The van der Waals surface area contributed by atoms with Crippen LogP contribution in [0, 0.1) is 12.7 Å². The molecule has 0 saturated carbocycles. The van der Waals surface area contributed by atoms with E-state index in [-0.39, 0.29) is 24.2 Å². The summed E-state index contributed by atoms with van der Waals surface area (Å²) in [5.74, 6) is -0.583. The predicted molar refractivity (Wildman–Crippen MR) is 106 cm³/mol. The second kappa shape index (κ2) is 7.31. The molecule has 1 aliphatic rings. The van der Waals surface area contributed by atoms with Crippen molar-refractivity contribution < 1.29 is 9.18 Å². The Kier molecular flexibility index (Phi) is 4.89. The normalized spacial score (nSPS) is 17.1. The van der Waals surface area contributed by atoms with Gasteiger partial charge >= 0.3 is 0 Å². The van der Waals surface area contributed by atoms with E-state index in [9.17, 15) is 9.18 Å². The van der Waals surface area contributed by atoms with E-state index in [1.165, 1.54) is 21.4 Å². The molecule has 3 heterocycles. The van der Waals surface area contributed by atoms with Crippen LogP contribution in [-0.4, -0.2) is 23.9 Å². The molecule has 0 bridgehead atoms. The van der Waals surface area contributed by atoms with Gasteiger partial charge in [-0.1, -0.05) is 12.1 Å². The predicted octanol–water partition coefficient (Wildman–Crippen LogP) is 4.84. The molecular weight excluding hydrogens is 367 g/mol. The number of fused-ring (bicyclic) bond motifs is 1. The van der Waals surface area contributed by atoms with Crippen LogP contribution in [0.1, 0.15) is 26.9 Å². The molecule has 2 aromatic heterocycles. The molecule has 0 radical (unpaired) electrons. The molecule has 1 aliphatic heterocycles. The molecule has 134 valence electrons. The molecule has 3 nitrogen and oxygen atoms in total. The number of amides is 1. The number of carbonyl (C=O) groups excluding carboxylic acids is 1. The highest BCUT2D eigenvalue weighted by atomic mass is 32.1.